The van der Waals surface area contributed by atoms with Crippen molar-refractivity contribution in [3.63, 3.8) is 0 Å². The van der Waals surface area contributed by atoms with Crippen LogP contribution in [0.25, 0.3) is 33.9 Å². The molecule has 0 spiro atoms. The van der Waals surface area contributed by atoms with Gasteiger partial charge in [-0.3, -0.25) is 0 Å². The number of aliphatic hydroxyl groups excluding tert-OH is 1. The number of ether oxygens (including phenoxy) is 8. The number of piperazine rings is 1. The van der Waals surface area contributed by atoms with E-state index in [1.807, 2.05) is 108 Å². The highest BCUT2D eigenvalue weighted by atomic mass is 32.2. The topological polar surface area (TPSA) is 217 Å². The number of hydrogen-bond acceptors (Lipinski definition) is 19. The number of aliphatic hydroxyl groups is 1. The quantitative estimate of drug-likeness (QED) is 0.0286. The number of carbonyl (C=O) groups excluding carboxylic acids is 1. The van der Waals surface area contributed by atoms with E-state index in [0.29, 0.717) is 141 Å². The number of pyridine rings is 1. The normalized spacial score (nSPS) is 14.9. The molecule has 0 bridgehead atoms. The maximum atomic E-state index is 13.1. The fourth-order valence-electron chi connectivity index (χ4n) is 8.05. The van der Waals surface area contributed by atoms with Gasteiger partial charge < -0.3 is 62.0 Å². The van der Waals surface area contributed by atoms with E-state index in [9.17, 15) is 14.7 Å². The molecule has 9 rings (SSSR count). The second kappa shape index (κ2) is 27.4. The highest BCUT2D eigenvalue weighted by Crippen LogP contribution is 2.40. The van der Waals surface area contributed by atoms with Crippen LogP contribution in [-0.2, 0) is 46.4 Å². The predicted octanol–water partition coefficient (Wildman–Crippen LogP) is 7.04. The van der Waals surface area contributed by atoms with Crippen molar-refractivity contribution in [2.45, 2.75) is 20.1 Å². The lowest BCUT2D eigenvalue weighted by molar-refractivity contribution is -0.138. The first kappa shape index (κ1) is 53.5. The number of hydrogen-bond donors (Lipinski definition) is 2. The third kappa shape index (κ3) is 14.9. The Kier molecular flexibility index (Phi) is 19.3. The number of benzene rings is 3. The van der Waals surface area contributed by atoms with Crippen molar-refractivity contribution < 1.29 is 52.2 Å². The summed E-state index contributed by atoms with van der Waals surface area (Å²) in [4.78, 5) is 37.8. The van der Waals surface area contributed by atoms with Crippen LogP contribution in [0.1, 0.15) is 18.2 Å². The van der Waals surface area contributed by atoms with Gasteiger partial charge in [-0.1, -0.05) is 47.3 Å². The molecule has 0 radical (unpaired) electrons. The summed E-state index contributed by atoms with van der Waals surface area (Å²) in [5, 5.41) is 23.9. The summed E-state index contributed by atoms with van der Waals surface area (Å²) < 4.78 is 54.6. The first-order valence-electron chi connectivity index (χ1n) is 25.2. The van der Waals surface area contributed by atoms with Crippen LogP contribution in [0.15, 0.2) is 140 Å². The van der Waals surface area contributed by atoms with Gasteiger partial charge in [-0.15, -0.1) is 5.10 Å². The standard InChI is InChI=1S/C55H60N8O12S/c1-2-72-55(66)51-52(64)49(76-53(51)57-41-6-4-3-5-7-41)32-39-8-12-44(13-9-39)73-30-28-67-21-20-63-36-42(59-60-63)38-71-27-26-69-23-22-68-24-25-70-29-31-74-45-14-17-62-37-47(58-50(62)35-45)46-33-40-10-11-43(34-48(40)75-54(46)65)61-18-15-56-16-19-61/h3-14,17,32-37,56,64H,2,15-16,18-31,38H2,1H3/b49-32-,57-53?. The van der Waals surface area contributed by atoms with E-state index in [2.05, 4.69) is 36.6 Å². The highest BCUT2D eigenvalue weighted by molar-refractivity contribution is 8.18. The number of anilines is 1. The SMILES string of the molecule is CCOC(=O)C1=C(O)/C(=C/c2ccc(OCCOCCn3cc(COCCOCCOCCOCCOc4ccn5cc(-c6cc7ccc(N8CCNCC8)cc7oc6=O)nc5c4)nn3)cc2)SC1=Nc1ccccc1. The lowest BCUT2D eigenvalue weighted by Crippen LogP contribution is -2.43. The fourth-order valence-corrected chi connectivity index (χ4v) is 9.09. The molecule has 1 fully saturated rings. The van der Waals surface area contributed by atoms with E-state index in [1.54, 1.807) is 17.7 Å². The number of nitrogens with zero attached hydrogens (tertiary/aromatic N) is 7. The Morgan fingerprint density at radius 2 is 1.51 bits per heavy atom. The van der Waals surface area contributed by atoms with Crippen LogP contribution in [-0.4, -0.2) is 146 Å². The smallest absolute Gasteiger partial charge is 0.345 e. The summed E-state index contributed by atoms with van der Waals surface area (Å²) in [6.45, 7) is 10.8. The van der Waals surface area contributed by atoms with Crippen LogP contribution >= 0.6 is 11.8 Å². The number of aromatic nitrogens is 5. The van der Waals surface area contributed by atoms with Crippen molar-refractivity contribution >= 4 is 56.8 Å². The summed E-state index contributed by atoms with van der Waals surface area (Å²) in [7, 11) is 0. The molecule has 76 heavy (non-hydrogen) atoms. The maximum absolute atomic E-state index is 13.1. The van der Waals surface area contributed by atoms with E-state index >= 15 is 0 Å². The second-order valence-electron chi connectivity index (χ2n) is 17.2. The van der Waals surface area contributed by atoms with E-state index in [1.165, 1.54) is 11.8 Å². The van der Waals surface area contributed by atoms with Gasteiger partial charge in [-0.25, -0.2) is 24.2 Å². The summed E-state index contributed by atoms with van der Waals surface area (Å²) in [5.74, 6) is 0.519. The zero-order valence-corrected chi connectivity index (χ0v) is 43.0. The Balaban J connectivity index is 0.576. The van der Waals surface area contributed by atoms with Crippen molar-refractivity contribution in [1.29, 1.82) is 0 Å². The molecule has 21 heteroatoms. The third-order valence-electron chi connectivity index (χ3n) is 11.9. The van der Waals surface area contributed by atoms with Crippen LogP contribution in [0.5, 0.6) is 11.5 Å². The molecule has 2 aliphatic rings. The molecule has 0 saturated carbocycles. The highest BCUT2D eigenvalue weighted by Gasteiger charge is 2.33. The molecule has 0 amide bonds. The van der Waals surface area contributed by atoms with Crippen LogP contribution < -0.4 is 25.3 Å². The third-order valence-corrected chi connectivity index (χ3v) is 12.9. The minimum Gasteiger partial charge on any atom is -0.506 e. The van der Waals surface area contributed by atoms with Crippen molar-refractivity contribution in [2.75, 3.05) is 110 Å². The Morgan fingerprint density at radius 1 is 0.803 bits per heavy atom. The largest absolute Gasteiger partial charge is 0.506 e. The van der Waals surface area contributed by atoms with Crippen molar-refractivity contribution in [3.8, 4) is 22.8 Å². The monoisotopic (exact) mass is 1060 g/mol. The molecule has 398 valence electrons. The molecular weight excluding hydrogens is 997 g/mol. The van der Waals surface area contributed by atoms with E-state index in [-0.39, 0.29) is 17.9 Å². The molecule has 0 atom stereocenters. The Bertz CT molecular complexity index is 3170. The molecule has 7 aromatic rings. The molecule has 0 aliphatic carbocycles. The van der Waals surface area contributed by atoms with Gasteiger partial charge in [0.05, 0.1) is 107 Å². The lowest BCUT2D eigenvalue weighted by Gasteiger charge is -2.29. The molecule has 3 aromatic carbocycles. The average Bonchev–Trinajstić information content (AvgIpc) is 4.19. The number of esters is 1. The lowest BCUT2D eigenvalue weighted by atomic mass is 10.1. The van der Waals surface area contributed by atoms with Gasteiger partial charge in [0, 0.05) is 61.8 Å². The van der Waals surface area contributed by atoms with Crippen LogP contribution in [0.4, 0.5) is 11.4 Å². The number of imidazole rings is 1. The first-order valence-corrected chi connectivity index (χ1v) is 26.0. The minimum atomic E-state index is -0.623. The summed E-state index contributed by atoms with van der Waals surface area (Å²) in [6, 6.07) is 28.1. The zero-order chi connectivity index (χ0) is 52.3. The number of thioether (sulfide) groups is 1. The molecular formula is C55H60N8O12S. The predicted molar refractivity (Wildman–Crippen MR) is 288 cm³/mol. The number of carbonyl (C=O) groups is 1. The van der Waals surface area contributed by atoms with Crippen molar-refractivity contribution in [2.24, 2.45) is 4.99 Å². The minimum absolute atomic E-state index is 0.0497. The average molecular weight is 1060 g/mol. The molecule has 1 saturated heterocycles. The molecule has 20 nitrogen and oxygen atoms in total. The van der Waals surface area contributed by atoms with Crippen molar-refractivity contribution in [1.82, 2.24) is 29.7 Å². The number of fused-ring (bicyclic) bond motifs is 2. The van der Waals surface area contributed by atoms with E-state index in [4.69, 9.17) is 42.3 Å². The number of nitrogens with one attached hydrogen (secondary N) is 1. The molecule has 0 unspecified atom stereocenters. The molecule has 6 heterocycles. The maximum Gasteiger partial charge on any atom is 0.345 e. The van der Waals surface area contributed by atoms with Gasteiger partial charge >= 0.3 is 11.6 Å². The summed E-state index contributed by atoms with van der Waals surface area (Å²) in [6.07, 6.45) is 7.26. The molecule has 2 N–H and O–H groups in total. The van der Waals surface area contributed by atoms with Crippen LogP contribution in [0.2, 0.25) is 0 Å². The van der Waals surface area contributed by atoms with Crippen LogP contribution in [0, 0.1) is 0 Å². The van der Waals surface area contributed by atoms with E-state index in [0.717, 1.165) is 42.8 Å². The Hall–Kier alpha value is -7.37. The van der Waals surface area contributed by atoms with Crippen molar-refractivity contribution in [3.05, 3.63) is 148 Å². The Morgan fingerprint density at radius 3 is 2.26 bits per heavy atom. The van der Waals surface area contributed by atoms with Gasteiger partial charge in [-0.05, 0) is 67.1 Å². The fraction of sp³-hybridized carbons (Fsp3) is 0.345. The Labute approximate surface area is 442 Å². The summed E-state index contributed by atoms with van der Waals surface area (Å²) >= 11 is 1.21. The number of aliphatic imine (C=N–C) groups is 1. The van der Waals surface area contributed by atoms with Gasteiger partial charge in [-0.2, -0.15) is 0 Å². The van der Waals surface area contributed by atoms with Gasteiger partial charge in [0.25, 0.3) is 0 Å². The molecule has 2 aliphatic heterocycles. The number of para-hydroxylation sites is 1. The summed E-state index contributed by atoms with van der Waals surface area (Å²) in [5.41, 5.74) is 4.96. The zero-order valence-electron chi connectivity index (χ0n) is 42.2. The van der Waals surface area contributed by atoms with Gasteiger partial charge in [0.1, 0.15) is 58.0 Å². The first-order chi connectivity index (χ1) is 37.4. The van der Waals surface area contributed by atoms with E-state index < -0.39 is 11.6 Å². The second-order valence-corrected chi connectivity index (χ2v) is 18.2. The molecule has 4 aromatic heterocycles. The van der Waals surface area contributed by atoms with Crippen LogP contribution in [0.3, 0.4) is 0 Å². The van der Waals surface area contributed by atoms with Gasteiger partial charge in [0.15, 0.2) is 0 Å². The number of rotatable bonds is 28. The van der Waals surface area contributed by atoms with Gasteiger partial charge in [0.2, 0.25) is 0 Å².